The maximum Gasteiger partial charge on any atom is 0.194 e. The first-order chi connectivity index (χ1) is 14.3. The fourth-order valence-electron chi connectivity index (χ4n) is 4.58. The molecule has 2 fully saturated rings. The summed E-state index contributed by atoms with van der Waals surface area (Å²) in [5, 5.41) is 12.3. The van der Waals surface area contributed by atoms with Crippen molar-refractivity contribution in [3.63, 3.8) is 0 Å². The number of aliphatic imine (C=N–C) groups is 1. The van der Waals surface area contributed by atoms with Gasteiger partial charge < -0.3 is 24.3 Å². The van der Waals surface area contributed by atoms with E-state index in [-0.39, 0.29) is 0 Å². The van der Waals surface area contributed by atoms with Crippen LogP contribution in [0.5, 0.6) is 0 Å². The van der Waals surface area contributed by atoms with Crippen LogP contribution in [0.4, 0.5) is 0 Å². The molecule has 3 aliphatic heterocycles. The molecule has 0 aromatic carbocycles. The molecule has 0 aliphatic carbocycles. The van der Waals surface area contributed by atoms with Crippen molar-refractivity contribution < 1.29 is 9.47 Å². The van der Waals surface area contributed by atoms with Crippen LogP contribution in [0.3, 0.4) is 0 Å². The zero-order chi connectivity index (χ0) is 19.9. The highest BCUT2D eigenvalue weighted by molar-refractivity contribution is 5.79. The molecule has 1 aromatic heterocycles. The highest BCUT2D eigenvalue weighted by Crippen LogP contribution is 2.18. The molecule has 4 heterocycles. The molecule has 2 saturated heterocycles. The van der Waals surface area contributed by atoms with Gasteiger partial charge in [-0.3, -0.25) is 4.99 Å². The Morgan fingerprint density at radius 1 is 1.10 bits per heavy atom. The van der Waals surface area contributed by atoms with Gasteiger partial charge in [-0.2, -0.15) is 0 Å². The Morgan fingerprint density at radius 2 is 2.00 bits per heavy atom. The number of hydrogen-bond acceptors (Lipinski definition) is 5. The van der Waals surface area contributed by atoms with E-state index in [0.29, 0.717) is 18.8 Å². The van der Waals surface area contributed by atoms with Crippen LogP contribution in [0, 0.1) is 0 Å². The molecule has 1 atom stereocenters. The van der Waals surface area contributed by atoms with Gasteiger partial charge in [-0.1, -0.05) is 6.42 Å². The highest BCUT2D eigenvalue weighted by Gasteiger charge is 2.24. The second-order valence-electron chi connectivity index (χ2n) is 8.40. The summed E-state index contributed by atoms with van der Waals surface area (Å²) in [5.41, 5.74) is 0. The average Bonchev–Trinajstić information content (AvgIpc) is 3.00. The van der Waals surface area contributed by atoms with E-state index in [1.165, 1.54) is 32.1 Å². The number of aromatic nitrogens is 3. The summed E-state index contributed by atoms with van der Waals surface area (Å²) in [6, 6.07) is 0. The predicted molar refractivity (Wildman–Crippen MR) is 112 cm³/mol. The molecule has 0 bridgehead atoms. The smallest absolute Gasteiger partial charge is 0.194 e. The first-order valence-corrected chi connectivity index (χ1v) is 11.4. The Kier molecular flexibility index (Phi) is 7.38. The summed E-state index contributed by atoms with van der Waals surface area (Å²) in [5.74, 6) is 3.10. The molecule has 1 aromatic rings. The molecule has 1 unspecified atom stereocenters. The van der Waals surface area contributed by atoms with Crippen molar-refractivity contribution in [1.29, 1.82) is 0 Å². The fraction of sp³-hybridized carbons (Fsp3) is 0.857. The summed E-state index contributed by atoms with van der Waals surface area (Å²) in [6.45, 7) is 5.28. The van der Waals surface area contributed by atoms with E-state index in [1.54, 1.807) is 0 Å². The van der Waals surface area contributed by atoms with Crippen LogP contribution in [0.25, 0.3) is 0 Å². The SMILES string of the molecule is CN=C(NCc1nnc2n1CCCCC2)N1CCC(OCC2CCCCO2)CC1. The lowest BCUT2D eigenvalue weighted by molar-refractivity contribution is -0.0721. The Hall–Kier alpha value is -1.67. The number of aryl methyl sites for hydroxylation is 1. The number of nitrogens with one attached hydrogen (secondary N) is 1. The van der Waals surface area contributed by atoms with Crippen LogP contribution in [0.2, 0.25) is 0 Å². The number of ether oxygens (including phenoxy) is 2. The van der Waals surface area contributed by atoms with Crippen LogP contribution in [-0.2, 0) is 29.0 Å². The first kappa shape index (κ1) is 20.6. The van der Waals surface area contributed by atoms with Crippen LogP contribution >= 0.6 is 0 Å². The van der Waals surface area contributed by atoms with Crippen molar-refractivity contribution in [2.45, 2.75) is 83.1 Å². The van der Waals surface area contributed by atoms with Crippen molar-refractivity contribution in [3.8, 4) is 0 Å². The topological polar surface area (TPSA) is 76.8 Å². The summed E-state index contributed by atoms with van der Waals surface area (Å²) in [7, 11) is 1.86. The second-order valence-corrected chi connectivity index (χ2v) is 8.40. The van der Waals surface area contributed by atoms with Crippen LogP contribution in [-0.4, -0.2) is 71.2 Å². The van der Waals surface area contributed by atoms with Crippen molar-refractivity contribution in [2.24, 2.45) is 4.99 Å². The van der Waals surface area contributed by atoms with Crippen LogP contribution in [0.1, 0.15) is 63.0 Å². The van der Waals surface area contributed by atoms with Crippen molar-refractivity contribution >= 4 is 5.96 Å². The molecular formula is C21H36N6O2. The van der Waals surface area contributed by atoms with E-state index in [9.17, 15) is 0 Å². The molecular weight excluding hydrogens is 368 g/mol. The summed E-state index contributed by atoms with van der Waals surface area (Å²) in [6.07, 6.45) is 11.1. The lowest BCUT2D eigenvalue weighted by Gasteiger charge is -2.35. The Bertz CT molecular complexity index is 662. The molecule has 8 nitrogen and oxygen atoms in total. The third-order valence-electron chi connectivity index (χ3n) is 6.34. The van der Waals surface area contributed by atoms with Gasteiger partial charge in [0.15, 0.2) is 11.8 Å². The summed E-state index contributed by atoms with van der Waals surface area (Å²) < 4.78 is 14.2. The minimum atomic E-state index is 0.300. The lowest BCUT2D eigenvalue weighted by atomic mass is 10.1. The highest BCUT2D eigenvalue weighted by atomic mass is 16.5. The van der Waals surface area contributed by atoms with Gasteiger partial charge in [-0.25, -0.2) is 0 Å². The van der Waals surface area contributed by atoms with Gasteiger partial charge >= 0.3 is 0 Å². The molecule has 0 spiro atoms. The number of piperidine rings is 1. The van der Waals surface area contributed by atoms with Crippen molar-refractivity contribution in [3.05, 3.63) is 11.6 Å². The quantitative estimate of drug-likeness (QED) is 0.598. The van der Waals surface area contributed by atoms with Gasteiger partial charge in [0.25, 0.3) is 0 Å². The molecule has 162 valence electrons. The summed E-state index contributed by atoms with van der Waals surface area (Å²) >= 11 is 0. The largest absolute Gasteiger partial charge is 0.376 e. The third kappa shape index (κ3) is 5.48. The van der Waals surface area contributed by atoms with Gasteiger partial charge in [0.2, 0.25) is 0 Å². The van der Waals surface area contributed by atoms with Crippen molar-refractivity contribution in [1.82, 2.24) is 25.0 Å². The van der Waals surface area contributed by atoms with E-state index >= 15 is 0 Å². The molecule has 4 rings (SSSR count). The Labute approximate surface area is 174 Å². The normalized spacial score (nSPS) is 24.2. The number of likely N-dealkylation sites (tertiary alicyclic amines) is 1. The predicted octanol–water partition coefficient (Wildman–Crippen LogP) is 2.13. The summed E-state index contributed by atoms with van der Waals surface area (Å²) in [4.78, 5) is 6.83. The molecule has 0 amide bonds. The number of rotatable bonds is 5. The first-order valence-electron chi connectivity index (χ1n) is 11.4. The second kappa shape index (κ2) is 10.4. The molecule has 3 aliphatic rings. The van der Waals surface area contributed by atoms with Gasteiger partial charge in [0.1, 0.15) is 5.82 Å². The maximum atomic E-state index is 6.14. The van der Waals surface area contributed by atoms with E-state index in [1.807, 2.05) is 7.05 Å². The zero-order valence-corrected chi connectivity index (χ0v) is 17.8. The lowest BCUT2D eigenvalue weighted by Crippen LogP contribution is -2.47. The molecule has 29 heavy (non-hydrogen) atoms. The van der Waals surface area contributed by atoms with Gasteiger partial charge in [-0.15, -0.1) is 10.2 Å². The van der Waals surface area contributed by atoms with Gasteiger partial charge in [0, 0.05) is 39.7 Å². The van der Waals surface area contributed by atoms with Crippen LogP contribution < -0.4 is 5.32 Å². The van der Waals surface area contributed by atoms with Crippen molar-refractivity contribution in [2.75, 3.05) is 33.4 Å². The number of fused-ring (bicyclic) bond motifs is 1. The monoisotopic (exact) mass is 404 g/mol. The fourth-order valence-corrected chi connectivity index (χ4v) is 4.58. The number of nitrogens with zero attached hydrogens (tertiary/aromatic N) is 5. The van der Waals surface area contributed by atoms with E-state index in [2.05, 4.69) is 30.0 Å². The molecule has 8 heteroatoms. The zero-order valence-electron chi connectivity index (χ0n) is 17.8. The molecule has 0 radical (unpaired) electrons. The number of guanidine groups is 1. The van der Waals surface area contributed by atoms with E-state index < -0.39 is 0 Å². The van der Waals surface area contributed by atoms with E-state index in [4.69, 9.17) is 9.47 Å². The minimum Gasteiger partial charge on any atom is -0.376 e. The maximum absolute atomic E-state index is 6.14. The van der Waals surface area contributed by atoms with Gasteiger partial charge in [0.05, 0.1) is 25.4 Å². The third-order valence-corrected chi connectivity index (χ3v) is 6.34. The average molecular weight is 405 g/mol. The van der Waals surface area contributed by atoms with Gasteiger partial charge in [-0.05, 0) is 44.9 Å². The Morgan fingerprint density at radius 3 is 2.79 bits per heavy atom. The van der Waals surface area contributed by atoms with Crippen LogP contribution in [0.15, 0.2) is 4.99 Å². The molecule has 0 saturated carbocycles. The number of hydrogen-bond donors (Lipinski definition) is 1. The minimum absolute atomic E-state index is 0.300. The molecule has 1 N–H and O–H groups in total. The Balaban J connectivity index is 1.22. The van der Waals surface area contributed by atoms with E-state index in [0.717, 1.165) is 76.1 Å². The standard InChI is InChI=1S/C21H36N6O2/c1-22-21(23-15-20-25-24-19-8-3-2-5-11-27(19)20)26-12-9-17(10-13-26)29-16-18-7-4-6-14-28-18/h17-18H,2-16H2,1H3,(H,22,23).